The quantitative estimate of drug-likeness (QED) is 0.110. The number of rotatable bonds is 10. The van der Waals surface area contributed by atoms with Crippen LogP contribution in [0.1, 0.15) is 16.6 Å². The molecule has 0 unspecified atom stereocenters. The van der Waals surface area contributed by atoms with E-state index >= 15 is 0 Å². The van der Waals surface area contributed by atoms with Crippen LogP contribution in [-0.2, 0) is 13.1 Å². The molecule has 8 nitrogen and oxygen atoms in total. The third kappa shape index (κ3) is 8.86. The van der Waals surface area contributed by atoms with Gasteiger partial charge < -0.3 is 18.4 Å². The molecule has 0 saturated carbocycles. The molecule has 0 bridgehead atoms. The number of halogens is 6. The van der Waals surface area contributed by atoms with Crippen molar-refractivity contribution in [1.29, 1.82) is 0 Å². The Labute approximate surface area is 271 Å². The topological polar surface area (TPSA) is 91.7 Å². The Morgan fingerprint density at radius 2 is 1.91 bits per heavy atom. The number of amides is 1. The number of anilines is 1. The van der Waals surface area contributed by atoms with E-state index in [0.29, 0.717) is 5.56 Å². The Kier molecular flexibility index (Phi) is 13.7. The van der Waals surface area contributed by atoms with E-state index in [1.807, 2.05) is 6.07 Å². The van der Waals surface area contributed by atoms with E-state index < -0.39 is 30.3 Å². The van der Waals surface area contributed by atoms with Gasteiger partial charge in [-0.2, -0.15) is 4.98 Å². The molecule has 2 aromatic rings. The highest BCUT2D eigenvalue weighted by Gasteiger charge is 2.57. The van der Waals surface area contributed by atoms with Gasteiger partial charge in [0.15, 0.2) is 10.0 Å². The minimum atomic E-state index is -1.25. The lowest BCUT2D eigenvalue weighted by molar-refractivity contribution is -0.0318. The Bertz CT molecular complexity index is 1050. The van der Waals surface area contributed by atoms with Crippen LogP contribution in [0.25, 0.3) is 0 Å². The minimum Gasteiger partial charge on any atom is -0.346 e. The highest BCUT2D eigenvalue weighted by atomic mass is 127. The molecule has 1 aromatic carbocycles. The van der Waals surface area contributed by atoms with Crippen LogP contribution in [0, 0.1) is 0 Å². The van der Waals surface area contributed by atoms with E-state index in [9.17, 15) is 9.59 Å². The zero-order valence-electron chi connectivity index (χ0n) is 16.4. The van der Waals surface area contributed by atoms with E-state index in [1.54, 1.807) is 24.3 Å². The van der Waals surface area contributed by atoms with Gasteiger partial charge in [-0.05, 0) is 106 Å². The standard InChI is InChI=1S/C16H13BrClI4N3O5P2S2/c17-16(18)12(30-34-32(21)22)10(8-28-33-31(19)20)29-14(16)25-7-6-11(24-15(25)27)23-13(26)9-4-2-1-3-5-9/h1-7,10,12,14H,8H2,(H,23,24,26,27)/t10-,12-,14-,16+/m1/s1. The maximum absolute atomic E-state index is 12.9. The summed E-state index contributed by atoms with van der Waals surface area (Å²) in [6, 6.07) is 10.2. The van der Waals surface area contributed by atoms with Crippen LogP contribution in [0.4, 0.5) is 5.82 Å². The molecule has 1 amide bonds. The molecule has 4 atom stereocenters. The van der Waals surface area contributed by atoms with Gasteiger partial charge in [0.25, 0.3) is 5.91 Å². The molecule has 18 heteroatoms. The van der Waals surface area contributed by atoms with E-state index in [2.05, 4.69) is 114 Å². The smallest absolute Gasteiger partial charge is 0.346 e. The Balaban J connectivity index is 1.79. The molecule has 1 saturated heterocycles. The van der Waals surface area contributed by atoms with Crippen LogP contribution < -0.4 is 11.0 Å². The number of nitrogens with one attached hydrogen (secondary N) is 1. The minimum absolute atomic E-state index is 0.125. The van der Waals surface area contributed by atoms with Crippen molar-refractivity contribution in [3.63, 3.8) is 0 Å². The van der Waals surface area contributed by atoms with Crippen molar-refractivity contribution >= 4 is 156 Å². The Morgan fingerprint density at radius 3 is 2.53 bits per heavy atom. The molecule has 1 aliphatic rings. The molecule has 186 valence electrons. The summed E-state index contributed by atoms with van der Waals surface area (Å²) >= 11 is 22.2. The van der Waals surface area contributed by atoms with Crippen LogP contribution >= 0.6 is 144 Å². The first-order valence-electron chi connectivity index (χ1n) is 8.95. The fourth-order valence-electron chi connectivity index (χ4n) is 2.87. The first-order chi connectivity index (χ1) is 16.1. The molecule has 0 aliphatic carbocycles. The van der Waals surface area contributed by atoms with Crippen LogP contribution in [0.3, 0.4) is 0 Å². The number of hydrogen-bond donors (Lipinski definition) is 1. The van der Waals surface area contributed by atoms with Gasteiger partial charge in [-0.25, -0.2) is 4.79 Å². The molecule has 0 spiro atoms. The molecule has 0 radical (unpaired) electrons. The molecular weight excluding hydrogens is 1060 g/mol. The van der Waals surface area contributed by atoms with Gasteiger partial charge >= 0.3 is 5.69 Å². The van der Waals surface area contributed by atoms with E-state index in [-0.39, 0.29) is 20.7 Å². The molecule has 2 heterocycles. The average Bonchev–Trinajstić information content (AvgIpc) is 3.02. The number of carbonyl (C=O) groups is 1. The van der Waals surface area contributed by atoms with E-state index in [0.717, 1.165) is 0 Å². The predicted molar refractivity (Wildman–Crippen MR) is 180 cm³/mol. The first kappa shape index (κ1) is 31.2. The summed E-state index contributed by atoms with van der Waals surface area (Å²) in [6.45, 7) is 0.227. The lowest BCUT2D eigenvalue weighted by Gasteiger charge is -2.27. The molecule has 1 aliphatic heterocycles. The average molecular weight is 1080 g/mol. The second-order valence-electron chi connectivity index (χ2n) is 6.38. The largest absolute Gasteiger partial charge is 0.351 e. The number of alkyl halides is 2. The number of hydrogen-bond acceptors (Lipinski definition) is 8. The summed E-state index contributed by atoms with van der Waals surface area (Å²) < 4.78 is 17.0. The number of carbonyl (C=O) groups excluding carboxylic acids is 1. The lowest BCUT2D eigenvalue weighted by atomic mass is 10.2. The summed E-state index contributed by atoms with van der Waals surface area (Å²) in [7, 11) is 0. The third-order valence-electron chi connectivity index (χ3n) is 4.25. The number of ether oxygens (including phenoxy) is 1. The molecule has 34 heavy (non-hydrogen) atoms. The van der Waals surface area contributed by atoms with Gasteiger partial charge in [0.2, 0.25) is 0 Å². The second-order valence-corrected chi connectivity index (χ2v) is 43.9. The summed E-state index contributed by atoms with van der Waals surface area (Å²) in [5.74, 6) is -0.241. The first-order valence-corrected chi connectivity index (χ1v) is 26.6. The van der Waals surface area contributed by atoms with Gasteiger partial charge in [-0.1, -0.05) is 45.7 Å². The van der Waals surface area contributed by atoms with Crippen molar-refractivity contribution in [1.82, 2.24) is 9.55 Å². The fraction of sp³-hybridized carbons (Fsp3) is 0.312. The Hall–Kier alpha value is 2.70. The summed E-state index contributed by atoms with van der Waals surface area (Å²) in [4.78, 5) is 29.3. The van der Waals surface area contributed by atoms with Crippen LogP contribution in [0.5, 0.6) is 0 Å². The molecule has 3 rings (SSSR count). The SMILES string of the molecule is O=C(Nc1ccn([C@@H]2O[C@H](COSP(I)I)[C@@H](OSP(I)I)[C@@]2(Cl)Br)c(=O)n1)c1ccccc1. The van der Waals surface area contributed by atoms with Crippen molar-refractivity contribution in [2.24, 2.45) is 0 Å². The molecule has 1 fully saturated rings. The fourth-order valence-corrected chi connectivity index (χ4v) is 9.43. The van der Waals surface area contributed by atoms with Gasteiger partial charge in [0.1, 0.15) is 22.8 Å². The molecular formula is C16H13BrClI4N3O5P2S2. The monoisotopic (exact) mass is 1070 g/mol. The van der Waals surface area contributed by atoms with Crippen molar-refractivity contribution in [2.75, 3.05) is 11.9 Å². The van der Waals surface area contributed by atoms with Crippen molar-refractivity contribution < 1.29 is 17.9 Å². The zero-order valence-corrected chi connectivity index (χ0v) is 30.8. The number of benzene rings is 1. The zero-order chi connectivity index (χ0) is 24.9. The normalized spacial score (nSPS) is 24.6. The summed E-state index contributed by atoms with van der Waals surface area (Å²) in [6.07, 6.45) is -0.581. The van der Waals surface area contributed by atoms with E-state index in [1.165, 1.54) is 40.2 Å². The van der Waals surface area contributed by atoms with Crippen LogP contribution in [0.15, 0.2) is 47.4 Å². The number of aromatic nitrogens is 2. The summed E-state index contributed by atoms with van der Waals surface area (Å²) in [5, 5.41) is 2.63. The highest BCUT2D eigenvalue weighted by Crippen LogP contribution is 2.67. The van der Waals surface area contributed by atoms with Gasteiger partial charge in [0.05, 0.1) is 6.61 Å². The Morgan fingerprint density at radius 1 is 1.24 bits per heavy atom. The molecule has 1 aromatic heterocycles. The molecule has 1 N–H and O–H groups in total. The van der Waals surface area contributed by atoms with Crippen LogP contribution in [0.2, 0.25) is 0 Å². The van der Waals surface area contributed by atoms with E-state index in [4.69, 9.17) is 24.7 Å². The van der Waals surface area contributed by atoms with Gasteiger partial charge in [-0.3, -0.25) is 9.36 Å². The lowest BCUT2D eigenvalue weighted by Crippen LogP contribution is -2.40. The van der Waals surface area contributed by atoms with Crippen molar-refractivity contribution in [2.45, 2.75) is 22.2 Å². The second kappa shape index (κ2) is 14.9. The van der Waals surface area contributed by atoms with Gasteiger partial charge in [-0.15, -0.1) is 0 Å². The highest BCUT2D eigenvalue weighted by molar-refractivity contribution is 14.3. The summed E-state index contributed by atoms with van der Waals surface area (Å²) in [5.41, 5.74) is -0.172. The third-order valence-corrected chi connectivity index (χ3v) is 13.3. The maximum Gasteiger partial charge on any atom is 0.351 e. The van der Waals surface area contributed by atoms with Crippen LogP contribution in [-0.4, -0.2) is 38.1 Å². The number of nitrogens with zero attached hydrogens (tertiary/aromatic N) is 2. The van der Waals surface area contributed by atoms with Crippen molar-refractivity contribution in [3.8, 4) is 0 Å². The predicted octanol–water partition coefficient (Wildman–Crippen LogP) is 8.61. The van der Waals surface area contributed by atoms with Crippen molar-refractivity contribution in [3.05, 3.63) is 58.6 Å². The maximum atomic E-state index is 12.9. The van der Waals surface area contributed by atoms with Gasteiger partial charge in [0, 0.05) is 35.1 Å².